The maximum absolute atomic E-state index is 13.4. The van der Waals surface area contributed by atoms with Gasteiger partial charge in [-0.25, -0.2) is 4.39 Å². The van der Waals surface area contributed by atoms with Crippen LogP contribution in [0.3, 0.4) is 0 Å². The van der Waals surface area contributed by atoms with Gasteiger partial charge >= 0.3 is 0 Å². The van der Waals surface area contributed by atoms with Gasteiger partial charge in [-0.15, -0.1) is 0 Å². The molecule has 4 heteroatoms. The van der Waals surface area contributed by atoms with Gasteiger partial charge in [0.2, 0.25) is 0 Å². The van der Waals surface area contributed by atoms with Crippen LogP contribution in [-0.4, -0.2) is 11.5 Å². The van der Waals surface area contributed by atoms with Crippen LogP contribution >= 0.6 is 0 Å². The summed E-state index contributed by atoms with van der Waals surface area (Å²) in [5, 5.41) is 3.62. The van der Waals surface area contributed by atoms with Crippen molar-refractivity contribution in [1.82, 2.24) is 10.3 Å². The predicted octanol–water partition coefficient (Wildman–Crippen LogP) is 3.82. The van der Waals surface area contributed by atoms with E-state index in [1.165, 1.54) is 31.7 Å². The van der Waals surface area contributed by atoms with E-state index in [9.17, 15) is 4.39 Å². The predicted molar refractivity (Wildman–Crippen MR) is 94.7 cm³/mol. The Labute approximate surface area is 143 Å². The molecule has 1 fully saturated rings. The molecule has 24 heavy (non-hydrogen) atoms. The van der Waals surface area contributed by atoms with E-state index >= 15 is 0 Å². The molecule has 3 rings (SSSR count). The van der Waals surface area contributed by atoms with Crippen LogP contribution in [0, 0.1) is 17.7 Å². The highest BCUT2D eigenvalue weighted by Crippen LogP contribution is 2.36. The number of rotatable bonds is 6. The van der Waals surface area contributed by atoms with Crippen molar-refractivity contribution in [2.45, 2.75) is 38.3 Å². The minimum absolute atomic E-state index is 0.188. The Morgan fingerprint density at radius 3 is 2.62 bits per heavy atom. The van der Waals surface area contributed by atoms with E-state index in [-0.39, 0.29) is 11.9 Å². The molecule has 1 saturated carbocycles. The minimum atomic E-state index is -0.188. The van der Waals surface area contributed by atoms with Gasteiger partial charge in [-0.3, -0.25) is 4.98 Å². The Kier molecular flexibility index (Phi) is 5.94. The van der Waals surface area contributed by atoms with E-state index in [2.05, 4.69) is 16.4 Å². The van der Waals surface area contributed by atoms with Gasteiger partial charge in [-0.1, -0.05) is 18.2 Å². The van der Waals surface area contributed by atoms with Crippen molar-refractivity contribution in [1.29, 1.82) is 0 Å². The van der Waals surface area contributed by atoms with E-state index in [1.807, 2.05) is 24.4 Å². The molecule has 1 aromatic carbocycles. The lowest BCUT2D eigenvalue weighted by atomic mass is 9.77. The highest BCUT2D eigenvalue weighted by Gasteiger charge is 2.28. The smallest absolute Gasteiger partial charge is 0.123 e. The average Bonchev–Trinajstić information content (AvgIpc) is 2.63. The van der Waals surface area contributed by atoms with E-state index < -0.39 is 0 Å². The molecule has 1 aliphatic rings. The highest BCUT2D eigenvalue weighted by atomic mass is 19.1. The fraction of sp³-hybridized carbons (Fsp3) is 0.450. The Balaban J connectivity index is 1.71. The molecule has 0 bridgehead atoms. The van der Waals surface area contributed by atoms with Crippen LogP contribution < -0.4 is 11.1 Å². The van der Waals surface area contributed by atoms with Crippen molar-refractivity contribution in [2.24, 2.45) is 17.6 Å². The van der Waals surface area contributed by atoms with Gasteiger partial charge in [0.1, 0.15) is 5.82 Å². The fourth-order valence-corrected chi connectivity index (χ4v) is 3.70. The minimum Gasteiger partial charge on any atom is -0.330 e. The third-order valence-electron chi connectivity index (χ3n) is 5.12. The van der Waals surface area contributed by atoms with Crippen LogP contribution in [0.2, 0.25) is 0 Å². The van der Waals surface area contributed by atoms with Gasteiger partial charge in [0.15, 0.2) is 0 Å². The van der Waals surface area contributed by atoms with E-state index in [0.29, 0.717) is 18.4 Å². The zero-order valence-electron chi connectivity index (χ0n) is 14.0. The summed E-state index contributed by atoms with van der Waals surface area (Å²) >= 11 is 0. The first-order valence-corrected chi connectivity index (χ1v) is 8.85. The maximum atomic E-state index is 13.4. The zero-order chi connectivity index (χ0) is 16.8. The molecule has 1 heterocycles. The van der Waals surface area contributed by atoms with Crippen LogP contribution in [0.5, 0.6) is 0 Å². The first-order chi connectivity index (χ1) is 11.8. The van der Waals surface area contributed by atoms with Crippen LogP contribution in [0.4, 0.5) is 4.39 Å². The van der Waals surface area contributed by atoms with Crippen molar-refractivity contribution in [2.75, 3.05) is 6.54 Å². The Morgan fingerprint density at radius 2 is 1.96 bits per heavy atom. The lowest BCUT2D eigenvalue weighted by molar-refractivity contribution is 0.221. The van der Waals surface area contributed by atoms with E-state index in [1.54, 1.807) is 12.1 Å². The Bertz CT molecular complexity index is 624. The molecule has 0 saturated heterocycles. The maximum Gasteiger partial charge on any atom is 0.123 e. The quantitative estimate of drug-likeness (QED) is 0.848. The number of hydrogen-bond donors (Lipinski definition) is 2. The Morgan fingerprint density at radius 1 is 1.12 bits per heavy atom. The molecule has 2 aromatic rings. The SMILES string of the molecule is NCC1CCC([C@H](NCc2cccc(F)c2)c2ccccn2)CC1. The summed E-state index contributed by atoms with van der Waals surface area (Å²) in [6, 6.07) is 13.0. The number of nitrogens with one attached hydrogen (secondary N) is 1. The number of nitrogens with two attached hydrogens (primary N) is 1. The third-order valence-corrected chi connectivity index (χ3v) is 5.12. The van der Waals surface area contributed by atoms with Crippen molar-refractivity contribution < 1.29 is 4.39 Å². The molecular weight excluding hydrogens is 301 g/mol. The molecule has 0 amide bonds. The number of halogens is 1. The van der Waals surface area contributed by atoms with Gasteiger partial charge < -0.3 is 11.1 Å². The van der Waals surface area contributed by atoms with Crippen molar-refractivity contribution in [3.8, 4) is 0 Å². The zero-order valence-corrected chi connectivity index (χ0v) is 14.0. The molecule has 3 N–H and O–H groups in total. The number of nitrogens with zero attached hydrogens (tertiary/aromatic N) is 1. The van der Waals surface area contributed by atoms with Gasteiger partial charge in [0.05, 0.1) is 11.7 Å². The summed E-state index contributed by atoms with van der Waals surface area (Å²) in [5.41, 5.74) is 7.86. The Hall–Kier alpha value is -1.78. The van der Waals surface area contributed by atoms with Gasteiger partial charge in [0.25, 0.3) is 0 Å². The van der Waals surface area contributed by atoms with Crippen LogP contribution in [0.25, 0.3) is 0 Å². The largest absolute Gasteiger partial charge is 0.330 e. The number of aromatic nitrogens is 1. The molecule has 0 unspecified atom stereocenters. The standard InChI is InChI=1S/C20H26FN3/c21-18-5-3-4-16(12-18)14-24-20(19-6-1-2-11-23-19)17-9-7-15(13-22)8-10-17/h1-6,11-12,15,17,20,24H,7-10,13-14,22H2/t15?,17?,20-/m0/s1. The summed E-state index contributed by atoms with van der Waals surface area (Å²) in [6.45, 7) is 1.44. The molecule has 0 aliphatic heterocycles. The summed E-state index contributed by atoms with van der Waals surface area (Å²) in [7, 11) is 0. The number of pyridine rings is 1. The van der Waals surface area contributed by atoms with E-state index in [0.717, 1.165) is 17.8 Å². The average molecular weight is 327 g/mol. The van der Waals surface area contributed by atoms with Crippen molar-refractivity contribution >= 4 is 0 Å². The third kappa shape index (κ3) is 4.40. The molecule has 0 spiro atoms. The van der Waals surface area contributed by atoms with Crippen molar-refractivity contribution in [3.05, 3.63) is 65.7 Å². The summed E-state index contributed by atoms with van der Waals surface area (Å²) in [4.78, 5) is 4.56. The lowest BCUT2D eigenvalue weighted by Crippen LogP contribution is -2.32. The summed E-state index contributed by atoms with van der Waals surface area (Å²) in [5.74, 6) is 1.03. The molecule has 1 atom stereocenters. The second kappa shape index (κ2) is 8.36. The molecule has 1 aromatic heterocycles. The van der Waals surface area contributed by atoms with Crippen LogP contribution in [0.1, 0.15) is 43.0 Å². The van der Waals surface area contributed by atoms with Crippen LogP contribution in [-0.2, 0) is 6.54 Å². The summed E-state index contributed by atoms with van der Waals surface area (Å²) in [6.07, 6.45) is 6.55. The number of benzene rings is 1. The first-order valence-electron chi connectivity index (χ1n) is 8.85. The number of hydrogen-bond acceptors (Lipinski definition) is 3. The molecule has 3 nitrogen and oxygen atoms in total. The summed E-state index contributed by atoms with van der Waals surface area (Å²) < 4.78 is 13.4. The second-order valence-electron chi connectivity index (χ2n) is 6.76. The monoisotopic (exact) mass is 327 g/mol. The lowest BCUT2D eigenvalue weighted by Gasteiger charge is -2.34. The first kappa shape index (κ1) is 17.1. The normalized spacial score (nSPS) is 22.2. The molecule has 128 valence electrons. The van der Waals surface area contributed by atoms with Crippen LogP contribution in [0.15, 0.2) is 48.7 Å². The fourth-order valence-electron chi connectivity index (χ4n) is 3.70. The topological polar surface area (TPSA) is 50.9 Å². The molecular formula is C20H26FN3. The van der Waals surface area contributed by atoms with Crippen molar-refractivity contribution in [3.63, 3.8) is 0 Å². The van der Waals surface area contributed by atoms with Gasteiger partial charge in [0, 0.05) is 12.7 Å². The van der Waals surface area contributed by atoms with Gasteiger partial charge in [-0.05, 0) is 73.9 Å². The van der Waals surface area contributed by atoms with E-state index in [4.69, 9.17) is 5.73 Å². The second-order valence-corrected chi connectivity index (χ2v) is 6.76. The molecule has 1 aliphatic carbocycles. The molecule has 0 radical (unpaired) electrons. The highest BCUT2D eigenvalue weighted by molar-refractivity contribution is 5.17. The van der Waals surface area contributed by atoms with Gasteiger partial charge in [-0.2, -0.15) is 0 Å².